The highest BCUT2D eigenvalue weighted by Crippen LogP contribution is 3.10. The molecular formula is C26H24Br4O6. The fraction of sp³-hybridized carbons (Fsp3) is 0.923. The van der Waals surface area contributed by atoms with Gasteiger partial charge in [-0.25, -0.2) is 0 Å². The Morgan fingerprint density at radius 1 is 0.500 bits per heavy atom. The van der Waals surface area contributed by atoms with Crippen LogP contribution >= 0.6 is 63.7 Å². The van der Waals surface area contributed by atoms with E-state index in [0.717, 1.165) is 0 Å². The number of carbonyl (C=O) groups is 2. The summed E-state index contributed by atoms with van der Waals surface area (Å²) >= 11 is 18.0. The van der Waals surface area contributed by atoms with Crippen LogP contribution in [-0.4, -0.2) is 65.9 Å². The van der Waals surface area contributed by atoms with E-state index in [2.05, 4.69) is 63.7 Å². The average Bonchev–Trinajstić information content (AvgIpc) is 3.60. The standard InChI is InChI=1S/C26H24Br4O6/c1-5(31)35-25-15-7-8-12-19(27)11(7)20(25,28)13-9-10-14(23(13,19)33-3)21(12,29)26(36-6(2)32)16(8)22(15,30)24(34-4,17(9)25)18(10)26/h7-18H,1-4H3/t7-,8+,9+,10-,11+,12-,13+,14-,15-,16+,17+,18-,19?,20-,21+,22?,23?,24?,25+,26-. The van der Waals surface area contributed by atoms with Gasteiger partial charge in [0.25, 0.3) is 0 Å². The molecule has 0 saturated heterocycles. The predicted molar refractivity (Wildman–Crippen MR) is 137 cm³/mol. The molecule has 12 fully saturated rings. The molecule has 12 aliphatic carbocycles. The third-order valence-corrected chi connectivity index (χ3v) is 21.4. The van der Waals surface area contributed by atoms with E-state index in [-0.39, 0.29) is 84.1 Å². The van der Waals surface area contributed by atoms with Crippen molar-refractivity contribution in [3.05, 3.63) is 0 Å². The molecule has 20 atom stereocenters. The zero-order valence-electron chi connectivity index (χ0n) is 19.9. The molecule has 0 aromatic rings. The van der Waals surface area contributed by atoms with Crippen LogP contribution in [0.15, 0.2) is 0 Å². The van der Waals surface area contributed by atoms with Gasteiger partial charge in [-0.05, 0) is 23.7 Å². The molecule has 0 aromatic carbocycles. The van der Waals surface area contributed by atoms with Crippen molar-refractivity contribution in [3.8, 4) is 0 Å². The van der Waals surface area contributed by atoms with Gasteiger partial charge in [-0.3, -0.25) is 9.59 Å². The Morgan fingerprint density at radius 2 is 0.778 bits per heavy atom. The summed E-state index contributed by atoms with van der Waals surface area (Å²) in [7, 11) is 3.75. The van der Waals surface area contributed by atoms with Crippen molar-refractivity contribution >= 4 is 75.7 Å². The van der Waals surface area contributed by atoms with E-state index in [9.17, 15) is 9.59 Å². The topological polar surface area (TPSA) is 71.1 Å². The first kappa shape index (κ1) is 21.5. The fourth-order valence-electron chi connectivity index (χ4n) is 16.7. The highest BCUT2D eigenvalue weighted by molar-refractivity contribution is 9.11. The van der Waals surface area contributed by atoms with E-state index < -0.39 is 26.7 Å². The molecule has 36 heavy (non-hydrogen) atoms. The SMILES string of the molecule is COC12[C@H]3[C@@H]4[C@H]5[C@@H]6C7(OC)[C@H]4[C@@]4(OC(C)=O)[C@@H]8[C@@H]9[C@H]%10[C@H](C1(Br)[C@H]9[C@@]34Br)[C@](Br)([C@@H]52)[C@@]6(OC(C)=O)[C@@H]%10C87Br. The summed E-state index contributed by atoms with van der Waals surface area (Å²) in [6, 6.07) is 0. The summed E-state index contributed by atoms with van der Waals surface area (Å²) in [4.78, 5) is 26.0. The predicted octanol–water partition coefficient (Wildman–Crippen LogP) is 3.44. The van der Waals surface area contributed by atoms with Crippen molar-refractivity contribution in [2.24, 2.45) is 71.0 Å². The van der Waals surface area contributed by atoms with E-state index in [0.29, 0.717) is 11.8 Å². The molecule has 0 heterocycles. The van der Waals surface area contributed by atoms with Crippen molar-refractivity contribution in [2.75, 3.05) is 14.2 Å². The number of ether oxygens (including phenoxy) is 4. The van der Waals surface area contributed by atoms with E-state index in [1.165, 1.54) is 0 Å². The van der Waals surface area contributed by atoms with Crippen LogP contribution < -0.4 is 0 Å². The molecule has 4 unspecified atom stereocenters. The second-order valence-corrected chi connectivity index (χ2v) is 19.2. The summed E-state index contributed by atoms with van der Waals surface area (Å²) < 4.78 is 25.9. The number of esters is 2. The fourth-order valence-corrected chi connectivity index (χ4v) is 25.0. The number of alkyl halides is 4. The third kappa shape index (κ3) is 1.11. The van der Waals surface area contributed by atoms with Crippen LogP contribution in [0, 0.1) is 71.0 Å². The van der Waals surface area contributed by atoms with Crippen molar-refractivity contribution < 1.29 is 28.5 Å². The summed E-state index contributed by atoms with van der Waals surface area (Å²) in [5.41, 5.74) is -2.36. The lowest BCUT2D eigenvalue weighted by molar-refractivity contribution is -0.182. The van der Waals surface area contributed by atoms with Gasteiger partial charge in [0, 0.05) is 75.4 Å². The first-order valence-corrected chi connectivity index (χ1v) is 16.3. The van der Waals surface area contributed by atoms with Gasteiger partial charge < -0.3 is 18.9 Å². The first-order chi connectivity index (χ1) is 16.9. The van der Waals surface area contributed by atoms with Crippen LogP contribution in [0.2, 0.25) is 0 Å². The molecule has 0 bridgehead atoms. The van der Waals surface area contributed by atoms with Crippen LogP contribution in [0.3, 0.4) is 0 Å². The van der Waals surface area contributed by atoms with Crippen molar-refractivity contribution in [1.82, 2.24) is 0 Å². The summed E-state index contributed by atoms with van der Waals surface area (Å²) in [5.74, 6) is 1.84. The molecule has 0 aliphatic heterocycles. The zero-order chi connectivity index (χ0) is 24.9. The van der Waals surface area contributed by atoms with E-state index in [1.54, 1.807) is 13.8 Å². The molecular weight excluding hydrogens is 728 g/mol. The van der Waals surface area contributed by atoms with Crippen molar-refractivity contribution in [1.29, 1.82) is 0 Å². The zero-order valence-corrected chi connectivity index (χ0v) is 26.2. The molecule has 192 valence electrons. The normalized spacial score (nSPS) is 81.6. The Balaban J connectivity index is 1.39. The number of hydrogen-bond acceptors (Lipinski definition) is 6. The van der Waals surface area contributed by atoms with Gasteiger partial charge in [-0.2, -0.15) is 0 Å². The number of hydrogen-bond donors (Lipinski definition) is 0. The Morgan fingerprint density at radius 3 is 1.14 bits per heavy atom. The maximum absolute atomic E-state index is 13.0. The van der Waals surface area contributed by atoms with Crippen LogP contribution in [-0.2, 0) is 28.5 Å². The first-order valence-electron chi connectivity index (χ1n) is 13.2. The molecule has 10 heteroatoms. The monoisotopic (exact) mass is 748 g/mol. The summed E-state index contributed by atoms with van der Waals surface area (Å²) in [6.07, 6.45) is 0. The largest absolute Gasteiger partial charge is 0.457 e. The molecule has 12 rings (SSSR count). The Bertz CT molecular complexity index is 1270. The van der Waals surface area contributed by atoms with E-state index >= 15 is 0 Å². The lowest BCUT2D eigenvalue weighted by Gasteiger charge is -2.49. The Kier molecular flexibility index (Phi) is 2.88. The molecule has 0 amide bonds. The molecule has 0 spiro atoms. The highest BCUT2D eigenvalue weighted by atomic mass is 79.9. The van der Waals surface area contributed by atoms with Gasteiger partial charge in [0.05, 0.1) is 28.5 Å². The number of halogens is 4. The highest BCUT2D eigenvalue weighted by Gasteiger charge is 3.20. The second kappa shape index (κ2) is 4.82. The molecule has 0 radical (unpaired) electrons. The minimum Gasteiger partial charge on any atom is -0.457 e. The third-order valence-electron chi connectivity index (χ3n) is 15.0. The Labute approximate surface area is 241 Å². The van der Waals surface area contributed by atoms with Crippen LogP contribution in [0.5, 0.6) is 0 Å². The second-order valence-electron chi connectivity index (χ2n) is 14.0. The summed E-state index contributed by atoms with van der Waals surface area (Å²) in [6.45, 7) is 3.14. The molecule has 0 N–H and O–H groups in total. The Hall–Kier alpha value is 0.780. The maximum Gasteiger partial charge on any atom is 0.303 e. The van der Waals surface area contributed by atoms with Crippen LogP contribution in [0.1, 0.15) is 13.8 Å². The molecule has 0 aromatic heterocycles. The number of methoxy groups -OCH3 is 2. The maximum atomic E-state index is 13.0. The van der Waals surface area contributed by atoms with Gasteiger partial charge in [-0.1, -0.05) is 63.7 Å². The summed E-state index contributed by atoms with van der Waals surface area (Å²) in [5, 5.41) is 0. The number of carbonyl (C=O) groups excluding carboxylic acids is 2. The van der Waals surface area contributed by atoms with E-state index in [1.807, 2.05) is 14.2 Å². The van der Waals surface area contributed by atoms with Gasteiger partial charge in [0.1, 0.15) is 11.2 Å². The minimum atomic E-state index is -0.676. The lowest BCUT2D eigenvalue weighted by atomic mass is 9.71. The average molecular weight is 752 g/mol. The van der Waals surface area contributed by atoms with Gasteiger partial charge in [0.2, 0.25) is 0 Å². The van der Waals surface area contributed by atoms with Crippen LogP contribution in [0.25, 0.3) is 0 Å². The molecule has 12 aliphatic rings. The molecule has 12 saturated carbocycles. The smallest absolute Gasteiger partial charge is 0.303 e. The van der Waals surface area contributed by atoms with Crippen molar-refractivity contribution in [2.45, 2.75) is 53.5 Å². The quantitative estimate of drug-likeness (QED) is 0.324. The minimum absolute atomic E-state index is 0.0271. The van der Waals surface area contributed by atoms with Gasteiger partial charge in [-0.15, -0.1) is 0 Å². The van der Waals surface area contributed by atoms with Gasteiger partial charge in [0.15, 0.2) is 0 Å². The molecule has 6 nitrogen and oxygen atoms in total. The number of rotatable bonds is 4. The van der Waals surface area contributed by atoms with Crippen molar-refractivity contribution in [3.63, 3.8) is 0 Å². The lowest BCUT2D eigenvalue weighted by Crippen LogP contribution is -2.62. The van der Waals surface area contributed by atoms with E-state index in [4.69, 9.17) is 18.9 Å². The van der Waals surface area contributed by atoms with Gasteiger partial charge >= 0.3 is 11.9 Å². The van der Waals surface area contributed by atoms with Crippen LogP contribution in [0.4, 0.5) is 0 Å².